The molecule has 0 saturated heterocycles. The smallest absolute Gasteiger partial charge is 0.303 e. The molecule has 0 heterocycles. The van der Waals surface area contributed by atoms with Crippen LogP contribution in [0.25, 0.3) is 0 Å². The van der Waals surface area contributed by atoms with Crippen LogP contribution in [0.2, 0.25) is 0 Å². The van der Waals surface area contributed by atoms with Gasteiger partial charge in [-0.25, -0.2) is 0 Å². The predicted molar refractivity (Wildman–Crippen MR) is 49.9 cm³/mol. The Morgan fingerprint density at radius 3 is 1.75 bits per heavy atom. The summed E-state index contributed by atoms with van der Waals surface area (Å²) < 4.78 is 5.31. The second-order valence-electron chi connectivity index (χ2n) is 4.43. The highest BCUT2D eigenvalue weighted by Gasteiger charge is 2.38. The molecular weight excluding hydrogens is 152 g/mol. The molecule has 0 aliphatic carbocycles. The topological polar surface area (TPSA) is 26.3 Å². The van der Waals surface area contributed by atoms with Crippen LogP contribution in [0.4, 0.5) is 0 Å². The van der Waals surface area contributed by atoms with Crippen molar-refractivity contribution in [1.29, 1.82) is 0 Å². The molecule has 0 aromatic rings. The second kappa shape index (κ2) is 3.46. The molecule has 0 aromatic carbocycles. The summed E-state index contributed by atoms with van der Waals surface area (Å²) >= 11 is 0. The lowest BCUT2D eigenvalue weighted by Gasteiger charge is -2.40. The molecule has 0 aromatic heterocycles. The minimum Gasteiger partial charge on any atom is -0.459 e. The van der Waals surface area contributed by atoms with E-state index in [-0.39, 0.29) is 17.0 Å². The number of rotatable bonds is 2. The number of hydrogen-bond acceptors (Lipinski definition) is 2. The molecule has 1 unspecified atom stereocenters. The summed E-state index contributed by atoms with van der Waals surface area (Å²) in [5.74, 6) is -0.200. The first-order valence-electron chi connectivity index (χ1n) is 4.42. The van der Waals surface area contributed by atoms with Crippen LogP contribution in [0.1, 0.15) is 48.0 Å². The van der Waals surface area contributed by atoms with E-state index >= 15 is 0 Å². The van der Waals surface area contributed by atoms with Gasteiger partial charge in [0.1, 0.15) is 5.60 Å². The molecule has 0 aliphatic heterocycles. The minimum absolute atomic E-state index is 0.00653. The molecule has 0 bridgehead atoms. The first kappa shape index (κ1) is 11.5. The molecule has 2 heteroatoms. The first-order valence-corrected chi connectivity index (χ1v) is 4.42. The van der Waals surface area contributed by atoms with Gasteiger partial charge < -0.3 is 4.74 Å². The van der Waals surface area contributed by atoms with E-state index in [2.05, 4.69) is 20.8 Å². The van der Waals surface area contributed by atoms with Gasteiger partial charge in [0.25, 0.3) is 0 Å². The highest BCUT2D eigenvalue weighted by atomic mass is 16.6. The van der Waals surface area contributed by atoms with Crippen molar-refractivity contribution in [2.75, 3.05) is 0 Å². The van der Waals surface area contributed by atoms with Crippen molar-refractivity contribution in [3.63, 3.8) is 0 Å². The maximum absolute atomic E-state index is 10.8. The van der Waals surface area contributed by atoms with Crippen molar-refractivity contribution in [3.8, 4) is 0 Å². The summed E-state index contributed by atoms with van der Waals surface area (Å²) in [5, 5.41) is 0. The molecule has 72 valence electrons. The summed E-state index contributed by atoms with van der Waals surface area (Å²) in [6, 6.07) is 0. The average Bonchev–Trinajstić information content (AvgIpc) is 1.83. The molecule has 0 spiro atoms. The largest absolute Gasteiger partial charge is 0.459 e. The van der Waals surface area contributed by atoms with E-state index in [1.165, 1.54) is 6.92 Å². The Morgan fingerprint density at radius 1 is 1.25 bits per heavy atom. The summed E-state index contributed by atoms with van der Waals surface area (Å²) in [7, 11) is 0. The Balaban J connectivity index is 4.56. The van der Waals surface area contributed by atoms with E-state index in [9.17, 15) is 4.79 Å². The van der Waals surface area contributed by atoms with Gasteiger partial charge in [-0.2, -0.15) is 0 Å². The fourth-order valence-corrected chi connectivity index (χ4v) is 1.07. The van der Waals surface area contributed by atoms with Crippen LogP contribution in [-0.4, -0.2) is 11.6 Å². The van der Waals surface area contributed by atoms with Gasteiger partial charge in [-0.15, -0.1) is 0 Å². The summed E-state index contributed by atoms with van der Waals surface area (Å²) in [6.07, 6.45) is 0.843. The molecule has 0 amide bonds. The Morgan fingerprint density at radius 2 is 1.67 bits per heavy atom. The van der Waals surface area contributed by atoms with Crippen molar-refractivity contribution in [2.24, 2.45) is 5.41 Å². The van der Waals surface area contributed by atoms with E-state index in [0.29, 0.717) is 0 Å². The lowest BCUT2D eigenvalue weighted by Crippen LogP contribution is -2.43. The van der Waals surface area contributed by atoms with Gasteiger partial charge in [0.2, 0.25) is 0 Å². The van der Waals surface area contributed by atoms with Crippen LogP contribution < -0.4 is 0 Å². The van der Waals surface area contributed by atoms with Crippen molar-refractivity contribution < 1.29 is 9.53 Å². The predicted octanol–water partition coefficient (Wildman–Crippen LogP) is 2.76. The van der Waals surface area contributed by atoms with E-state index < -0.39 is 0 Å². The van der Waals surface area contributed by atoms with Gasteiger partial charge in [-0.05, 0) is 13.3 Å². The molecular formula is C10H20O2. The second-order valence-corrected chi connectivity index (χ2v) is 4.43. The van der Waals surface area contributed by atoms with Crippen LogP contribution >= 0.6 is 0 Å². The van der Waals surface area contributed by atoms with Gasteiger partial charge in [-0.1, -0.05) is 27.7 Å². The van der Waals surface area contributed by atoms with Gasteiger partial charge in [-0.3, -0.25) is 4.79 Å². The third kappa shape index (κ3) is 2.50. The fraction of sp³-hybridized carbons (Fsp3) is 0.900. The molecule has 0 rings (SSSR count). The zero-order valence-electron chi connectivity index (χ0n) is 9.02. The van der Waals surface area contributed by atoms with Crippen molar-refractivity contribution in [3.05, 3.63) is 0 Å². The normalized spacial score (nSPS) is 16.8. The highest BCUT2D eigenvalue weighted by Crippen LogP contribution is 2.36. The van der Waals surface area contributed by atoms with Crippen LogP contribution in [-0.2, 0) is 9.53 Å². The van der Waals surface area contributed by atoms with Crippen LogP contribution in [0.5, 0.6) is 0 Å². The van der Waals surface area contributed by atoms with Gasteiger partial charge in [0.15, 0.2) is 0 Å². The number of carbonyl (C=O) groups is 1. The maximum atomic E-state index is 10.8. The summed E-state index contributed by atoms with van der Waals surface area (Å²) in [6.45, 7) is 11.7. The quantitative estimate of drug-likeness (QED) is 0.599. The van der Waals surface area contributed by atoms with Gasteiger partial charge in [0, 0.05) is 12.3 Å². The van der Waals surface area contributed by atoms with E-state index in [4.69, 9.17) is 4.74 Å². The fourth-order valence-electron chi connectivity index (χ4n) is 1.07. The third-order valence-corrected chi connectivity index (χ3v) is 2.63. The Labute approximate surface area is 75.3 Å². The monoisotopic (exact) mass is 172 g/mol. The average molecular weight is 172 g/mol. The zero-order valence-corrected chi connectivity index (χ0v) is 9.02. The zero-order chi connectivity index (χ0) is 9.99. The molecule has 1 atom stereocenters. The Hall–Kier alpha value is -0.530. The van der Waals surface area contributed by atoms with E-state index in [0.717, 1.165) is 6.42 Å². The minimum atomic E-state index is -0.348. The number of esters is 1. The van der Waals surface area contributed by atoms with Crippen molar-refractivity contribution in [2.45, 2.75) is 53.6 Å². The third-order valence-electron chi connectivity index (χ3n) is 2.63. The Bertz CT molecular complexity index is 167. The van der Waals surface area contributed by atoms with Gasteiger partial charge >= 0.3 is 5.97 Å². The molecule has 0 aliphatic rings. The highest BCUT2D eigenvalue weighted by molar-refractivity contribution is 5.66. The van der Waals surface area contributed by atoms with Crippen molar-refractivity contribution >= 4 is 5.97 Å². The number of carbonyl (C=O) groups excluding carboxylic acids is 1. The van der Waals surface area contributed by atoms with Crippen LogP contribution in [0.15, 0.2) is 0 Å². The summed E-state index contributed by atoms with van der Waals surface area (Å²) in [5.41, 5.74) is -0.355. The van der Waals surface area contributed by atoms with Crippen molar-refractivity contribution in [1.82, 2.24) is 0 Å². The van der Waals surface area contributed by atoms with E-state index in [1.54, 1.807) is 0 Å². The molecule has 0 saturated carbocycles. The van der Waals surface area contributed by atoms with Crippen LogP contribution in [0, 0.1) is 5.41 Å². The molecule has 2 nitrogen and oxygen atoms in total. The number of ether oxygens (including phenoxy) is 1. The first-order chi connectivity index (χ1) is 5.23. The Kier molecular flexibility index (Phi) is 3.31. The van der Waals surface area contributed by atoms with Gasteiger partial charge in [0.05, 0.1) is 0 Å². The molecule has 0 fully saturated rings. The maximum Gasteiger partial charge on any atom is 0.303 e. The summed E-state index contributed by atoms with van der Waals surface area (Å²) in [4.78, 5) is 10.8. The number of hydrogen-bond donors (Lipinski definition) is 0. The molecule has 0 N–H and O–H groups in total. The van der Waals surface area contributed by atoms with E-state index in [1.807, 2.05) is 13.8 Å². The lowest BCUT2D eigenvalue weighted by atomic mass is 9.76. The standard InChI is InChI=1S/C10H20O2/c1-7-10(6,9(3,4)5)12-8(2)11/h7H2,1-6H3. The SMILES string of the molecule is CCC(C)(OC(C)=O)C(C)(C)C. The van der Waals surface area contributed by atoms with Crippen LogP contribution in [0.3, 0.4) is 0 Å². The molecule has 0 radical (unpaired) electrons. The lowest BCUT2D eigenvalue weighted by molar-refractivity contribution is -0.168. The molecule has 12 heavy (non-hydrogen) atoms.